The number of aryl methyl sites for hydroxylation is 1. The largest absolute Gasteiger partial charge is 0.508 e. The standard InChI is InChI=1S/C25H20ClN5O5/c1-13-7-16(23(33)27-12-15-3-2-4-17(32)8-15)11-18(26)22(13)24(34)28-21(25(35)36)10-14-5-6-19-20(9-14)30-31-29-19/h2-11,32H,12H2,1H3,(H,27,33)(H,28,34)(H,35,36)(H,29,30,31)/b21-10-. The zero-order valence-corrected chi connectivity index (χ0v) is 19.6. The van der Waals surface area contributed by atoms with Gasteiger partial charge < -0.3 is 20.8 Å². The molecule has 0 aliphatic rings. The molecule has 0 saturated heterocycles. The average molecular weight is 506 g/mol. The van der Waals surface area contributed by atoms with E-state index in [9.17, 15) is 24.6 Å². The molecule has 10 nitrogen and oxygen atoms in total. The first-order valence-electron chi connectivity index (χ1n) is 10.6. The number of benzene rings is 3. The lowest BCUT2D eigenvalue weighted by Gasteiger charge is -2.13. The molecular formula is C25H20ClN5O5. The van der Waals surface area contributed by atoms with Crippen LogP contribution in [0.3, 0.4) is 0 Å². The maximum absolute atomic E-state index is 12.9. The number of hydrogen-bond acceptors (Lipinski definition) is 6. The Balaban J connectivity index is 1.52. The Morgan fingerprint density at radius 3 is 2.61 bits per heavy atom. The number of amides is 2. The number of halogens is 1. The molecule has 182 valence electrons. The van der Waals surface area contributed by atoms with Crippen LogP contribution in [0.1, 0.15) is 37.4 Å². The number of rotatable bonds is 7. The number of aromatic hydroxyl groups is 1. The van der Waals surface area contributed by atoms with E-state index in [-0.39, 0.29) is 34.1 Å². The number of carbonyl (C=O) groups excluding carboxylic acids is 2. The first kappa shape index (κ1) is 24.4. The van der Waals surface area contributed by atoms with Crippen molar-refractivity contribution in [1.82, 2.24) is 26.0 Å². The number of aromatic nitrogens is 3. The molecule has 4 rings (SSSR count). The molecule has 0 aliphatic heterocycles. The van der Waals surface area contributed by atoms with Gasteiger partial charge in [-0.2, -0.15) is 0 Å². The highest BCUT2D eigenvalue weighted by Gasteiger charge is 2.20. The summed E-state index contributed by atoms with van der Waals surface area (Å²) in [6.45, 7) is 1.77. The molecule has 0 radical (unpaired) electrons. The minimum atomic E-state index is -1.35. The number of hydrogen-bond donors (Lipinski definition) is 5. The van der Waals surface area contributed by atoms with Gasteiger partial charge in [0.15, 0.2) is 0 Å². The minimum Gasteiger partial charge on any atom is -0.508 e. The Morgan fingerprint density at radius 2 is 1.89 bits per heavy atom. The first-order chi connectivity index (χ1) is 17.2. The van der Waals surface area contributed by atoms with Crippen molar-refractivity contribution in [3.05, 3.63) is 93.1 Å². The van der Waals surface area contributed by atoms with Gasteiger partial charge in [0.25, 0.3) is 11.8 Å². The Bertz CT molecular complexity index is 1510. The van der Waals surface area contributed by atoms with Crippen molar-refractivity contribution < 1.29 is 24.6 Å². The molecule has 0 unspecified atom stereocenters. The second kappa shape index (κ2) is 10.3. The van der Waals surface area contributed by atoms with Gasteiger partial charge in [-0.05, 0) is 66.1 Å². The first-order valence-corrected chi connectivity index (χ1v) is 11.0. The smallest absolute Gasteiger partial charge is 0.352 e. The van der Waals surface area contributed by atoms with Crippen LogP contribution in [-0.4, -0.2) is 43.4 Å². The van der Waals surface area contributed by atoms with Crippen LogP contribution in [0.15, 0.2) is 60.3 Å². The van der Waals surface area contributed by atoms with Gasteiger partial charge in [-0.15, -0.1) is 5.10 Å². The summed E-state index contributed by atoms with van der Waals surface area (Å²) in [5.74, 6) is -2.42. The third kappa shape index (κ3) is 5.50. The van der Waals surface area contributed by atoms with Crippen LogP contribution in [-0.2, 0) is 11.3 Å². The summed E-state index contributed by atoms with van der Waals surface area (Å²) < 4.78 is 0. The van der Waals surface area contributed by atoms with Gasteiger partial charge in [-0.3, -0.25) is 14.7 Å². The SMILES string of the molecule is Cc1cc(C(=O)NCc2cccc(O)c2)cc(Cl)c1C(=O)N/C(=C\c1ccc2[nH]nnc2c1)C(=O)O. The number of phenolic OH excluding ortho intramolecular Hbond substituents is 1. The van der Waals surface area contributed by atoms with E-state index in [0.29, 0.717) is 27.7 Å². The van der Waals surface area contributed by atoms with Gasteiger partial charge in [0.1, 0.15) is 17.0 Å². The number of carboxylic acid groups (broad SMARTS) is 1. The number of nitrogens with one attached hydrogen (secondary N) is 3. The molecule has 5 N–H and O–H groups in total. The molecule has 4 aromatic rings. The fourth-order valence-corrected chi connectivity index (χ4v) is 3.92. The Morgan fingerprint density at radius 1 is 1.08 bits per heavy atom. The van der Waals surface area contributed by atoms with E-state index in [0.717, 1.165) is 0 Å². The zero-order valence-electron chi connectivity index (χ0n) is 18.9. The highest BCUT2D eigenvalue weighted by atomic mass is 35.5. The van der Waals surface area contributed by atoms with E-state index in [1.165, 1.54) is 30.3 Å². The Labute approximate surface area is 209 Å². The van der Waals surface area contributed by atoms with E-state index < -0.39 is 17.8 Å². The molecule has 0 atom stereocenters. The Hall–Kier alpha value is -4.70. The van der Waals surface area contributed by atoms with Crippen LogP contribution in [0.4, 0.5) is 0 Å². The van der Waals surface area contributed by atoms with Crippen molar-refractivity contribution in [2.24, 2.45) is 0 Å². The summed E-state index contributed by atoms with van der Waals surface area (Å²) in [5, 5.41) is 34.5. The van der Waals surface area contributed by atoms with Gasteiger partial charge in [0.05, 0.1) is 16.1 Å². The number of aromatic amines is 1. The van der Waals surface area contributed by atoms with E-state index in [1.54, 1.807) is 37.3 Å². The number of carboxylic acids is 1. The number of fused-ring (bicyclic) bond motifs is 1. The van der Waals surface area contributed by atoms with Gasteiger partial charge in [0, 0.05) is 12.1 Å². The second-order valence-electron chi connectivity index (χ2n) is 7.91. The zero-order chi connectivity index (χ0) is 25.8. The summed E-state index contributed by atoms with van der Waals surface area (Å²) in [6.07, 6.45) is 1.29. The lowest BCUT2D eigenvalue weighted by molar-refractivity contribution is -0.132. The van der Waals surface area contributed by atoms with Crippen LogP contribution in [0.2, 0.25) is 5.02 Å². The molecule has 0 aliphatic carbocycles. The molecular weight excluding hydrogens is 486 g/mol. The third-order valence-electron chi connectivity index (χ3n) is 5.28. The summed E-state index contributed by atoms with van der Waals surface area (Å²) >= 11 is 6.33. The van der Waals surface area contributed by atoms with Crippen molar-refractivity contribution in [3.8, 4) is 5.75 Å². The summed E-state index contributed by atoms with van der Waals surface area (Å²) in [7, 11) is 0. The topological polar surface area (TPSA) is 157 Å². The Kier molecular flexibility index (Phi) is 6.98. The van der Waals surface area contributed by atoms with Gasteiger partial charge >= 0.3 is 5.97 Å². The van der Waals surface area contributed by atoms with Gasteiger partial charge in [-0.1, -0.05) is 35.0 Å². The predicted octanol–water partition coefficient (Wildman–Crippen LogP) is 3.41. The molecule has 0 spiro atoms. The number of carbonyl (C=O) groups is 3. The normalized spacial score (nSPS) is 11.3. The highest BCUT2D eigenvalue weighted by Crippen LogP contribution is 2.23. The summed E-state index contributed by atoms with van der Waals surface area (Å²) in [4.78, 5) is 37.3. The molecule has 1 aromatic heterocycles. The minimum absolute atomic E-state index is 0.0104. The number of aliphatic carboxylic acids is 1. The maximum atomic E-state index is 12.9. The van der Waals surface area contributed by atoms with Crippen LogP contribution >= 0.6 is 11.6 Å². The average Bonchev–Trinajstić information content (AvgIpc) is 3.29. The summed E-state index contributed by atoms with van der Waals surface area (Å²) in [5.41, 5.74) is 2.71. The molecule has 0 fully saturated rings. The summed E-state index contributed by atoms with van der Waals surface area (Å²) in [6, 6.07) is 14.3. The predicted molar refractivity (Wildman–Crippen MR) is 132 cm³/mol. The molecule has 36 heavy (non-hydrogen) atoms. The molecule has 2 amide bonds. The van der Waals surface area contributed by atoms with Crippen molar-refractivity contribution in [2.75, 3.05) is 0 Å². The van der Waals surface area contributed by atoms with Crippen LogP contribution in [0.25, 0.3) is 17.1 Å². The number of H-pyrrole nitrogens is 1. The van der Waals surface area contributed by atoms with Crippen LogP contribution in [0.5, 0.6) is 5.75 Å². The second-order valence-corrected chi connectivity index (χ2v) is 8.32. The monoisotopic (exact) mass is 505 g/mol. The lowest BCUT2D eigenvalue weighted by Crippen LogP contribution is -2.28. The van der Waals surface area contributed by atoms with E-state index in [1.807, 2.05) is 0 Å². The highest BCUT2D eigenvalue weighted by molar-refractivity contribution is 6.34. The van der Waals surface area contributed by atoms with Crippen LogP contribution < -0.4 is 10.6 Å². The van der Waals surface area contributed by atoms with Crippen molar-refractivity contribution in [1.29, 1.82) is 0 Å². The van der Waals surface area contributed by atoms with E-state index in [2.05, 4.69) is 26.0 Å². The van der Waals surface area contributed by atoms with Crippen molar-refractivity contribution in [3.63, 3.8) is 0 Å². The molecule has 0 saturated carbocycles. The fourth-order valence-electron chi connectivity index (χ4n) is 3.56. The molecule has 11 heteroatoms. The van der Waals surface area contributed by atoms with E-state index >= 15 is 0 Å². The third-order valence-corrected chi connectivity index (χ3v) is 5.58. The molecule has 3 aromatic carbocycles. The number of nitrogens with zero attached hydrogens (tertiary/aromatic N) is 2. The number of phenols is 1. The molecule has 0 bridgehead atoms. The lowest BCUT2D eigenvalue weighted by atomic mass is 10.0. The van der Waals surface area contributed by atoms with Gasteiger partial charge in [-0.25, -0.2) is 4.79 Å². The van der Waals surface area contributed by atoms with Crippen molar-refractivity contribution in [2.45, 2.75) is 13.5 Å². The maximum Gasteiger partial charge on any atom is 0.352 e. The molecule has 1 heterocycles. The van der Waals surface area contributed by atoms with Crippen LogP contribution in [0, 0.1) is 6.92 Å². The van der Waals surface area contributed by atoms with E-state index in [4.69, 9.17) is 11.6 Å². The van der Waals surface area contributed by atoms with Gasteiger partial charge in [0.2, 0.25) is 0 Å². The fraction of sp³-hybridized carbons (Fsp3) is 0.0800. The quantitative estimate of drug-likeness (QED) is 0.241. The van der Waals surface area contributed by atoms with Crippen molar-refractivity contribution >= 4 is 46.5 Å².